The minimum Gasteiger partial charge on any atom is -0.491 e. The van der Waals surface area contributed by atoms with Gasteiger partial charge in [0, 0.05) is 22.0 Å². The first-order valence-electron chi connectivity index (χ1n) is 7.29. The van der Waals surface area contributed by atoms with Crippen molar-refractivity contribution < 1.29 is 9.53 Å². The maximum absolute atomic E-state index is 12.4. The van der Waals surface area contributed by atoms with Gasteiger partial charge in [-0.1, -0.05) is 24.6 Å². The molecule has 120 valence electrons. The number of allylic oxidation sites excluding steroid dienone is 1. The number of carbonyl (C=O) groups is 1. The van der Waals surface area contributed by atoms with Gasteiger partial charge in [0.15, 0.2) is 0 Å². The highest BCUT2D eigenvalue weighted by atomic mass is 35.5. The second-order valence-electron chi connectivity index (χ2n) is 5.31. The number of hydrogen-bond acceptors (Lipinski definition) is 3. The summed E-state index contributed by atoms with van der Waals surface area (Å²) in [6.45, 7) is 9.18. The van der Waals surface area contributed by atoms with Gasteiger partial charge in [0.1, 0.15) is 5.75 Å². The zero-order valence-corrected chi connectivity index (χ0v) is 14.5. The van der Waals surface area contributed by atoms with Gasteiger partial charge in [0.25, 0.3) is 5.91 Å². The first-order valence-corrected chi connectivity index (χ1v) is 7.67. The number of benzene rings is 1. The molecule has 0 aromatic heterocycles. The number of anilines is 1. The third-order valence-corrected chi connectivity index (χ3v) is 3.53. The second-order valence-corrected chi connectivity index (χ2v) is 5.76. The van der Waals surface area contributed by atoms with Crippen molar-refractivity contribution in [3.05, 3.63) is 34.4 Å². The predicted octanol–water partition coefficient (Wildman–Crippen LogP) is 4.66. The van der Waals surface area contributed by atoms with Crippen LogP contribution in [0.5, 0.6) is 5.75 Å². The van der Waals surface area contributed by atoms with Crippen LogP contribution in [0.4, 0.5) is 5.69 Å². The average molecular weight is 323 g/mol. The zero-order valence-electron chi connectivity index (χ0n) is 13.7. The van der Waals surface area contributed by atoms with E-state index in [-0.39, 0.29) is 23.3 Å². The molecule has 0 unspecified atom stereocenters. The molecule has 0 fully saturated rings. The van der Waals surface area contributed by atoms with Crippen molar-refractivity contribution >= 4 is 28.9 Å². The van der Waals surface area contributed by atoms with E-state index in [1.165, 1.54) is 0 Å². The van der Waals surface area contributed by atoms with E-state index < -0.39 is 0 Å². The molecular formula is C17H23ClN2O2. The van der Waals surface area contributed by atoms with Gasteiger partial charge in [-0.2, -0.15) is 0 Å². The van der Waals surface area contributed by atoms with Crippen molar-refractivity contribution in [2.75, 3.05) is 5.32 Å². The molecule has 1 rings (SSSR count). The molecule has 4 nitrogen and oxygen atoms in total. The minimum atomic E-state index is -0.371. The Bertz CT molecular complexity index is 607. The summed E-state index contributed by atoms with van der Waals surface area (Å²) < 4.78 is 5.71. The molecule has 0 spiro atoms. The van der Waals surface area contributed by atoms with Gasteiger partial charge in [-0.05, 0) is 46.2 Å². The standard InChI is InChI=1S/C17H23ClN2O2/c1-6-13(18)16(12(5)19)17(21)20-14-8-7-9-15(11(14)4)22-10(2)3/h7-10,19H,6H2,1-5H3,(H,20,21)/b16-13-,19-12?. The van der Waals surface area contributed by atoms with E-state index in [2.05, 4.69) is 5.32 Å². The average Bonchev–Trinajstić information content (AvgIpc) is 2.42. The van der Waals surface area contributed by atoms with Crippen LogP contribution in [-0.4, -0.2) is 17.7 Å². The van der Waals surface area contributed by atoms with Gasteiger partial charge in [-0.15, -0.1) is 0 Å². The van der Waals surface area contributed by atoms with Crippen molar-refractivity contribution in [2.24, 2.45) is 0 Å². The lowest BCUT2D eigenvalue weighted by Gasteiger charge is -2.16. The van der Waals surface area contributed by atoms with Gasteiger partial charge in [-0.3, -0.25) is 4.79 Å². The number of amides is 1. The summed E-state index contributed by atoms with van der Waals surface area (Å²) in [5.74, 6) is 0.357. The number of halogens is 1. The summed E-state index contributed by atoms with van der Waals surface area (Å²) in [7, 11) is 0. The molecule has 0 heterocycles. The lowest BCUT2D eigenvalue weighted by molar-refractivity contribution is -0.112. The summed E-state index contributed by atoms with van der Waals surface area (Å²) >= 11 is 6.08. The molecule has 1 amide bonds. The Hall–Kier alpha value is -1.81. The third-order valence-electron chi connectivity index (χ3n) is 3.08. The number of carbonyl (C=O) groups excluding carboxylic acids is 1. The van der Waals surface area contributed by atoms with Crippen molar-refractivity contribution in [1.82, 2.24) is 0 Å². The largest absolute Gasteiger partial charge is 0.491 e. The maximum atomic E-state index is 12.4. The number of nitrogens with one attached hydrogen (secondary N) is 2. The number of rotatable bonds is 6. The van der Waals surface area contributed by atoms with Gasteiger partial charge < -0.3 is 15.5 Å². The summed E-state index contributed by atoms with van der Waals surface area (Å²) in [5.41, 5.74) is 1.87. The van der Waals surface area contributed by atoms with Crippen LogP contribution in [0.25, 0.3) is 0 Å². The Morgan fingerprint density at radius 1 is 1.41 bits per heavy atom. The minimum absolute atomic E-state index is 0.0541. The van der Waals surface area contributed by atoms with E-state index in [0.29, 0.717) is 17.1 Å². The van der Waals surface area contributed by atoms with Gasteiger partial charge in [0.2, 0.25) is 0 Å². The third kappa shape index (κ3) is 4.60. The molecule has 1 aromatic rings. The fourth-order valence-corrected chi connectivity index (χ4v) is 2.22. The van der Waals surface area contributed by atoms with Crippen LogP contribution in [0, 0.1) is 12.3 Å². The van der Waals surface area contributed by atoms with E-state index in [0.717, 1.165) is 11.3 Å². The smallest absolute Gasteiger partial charge is 0.258 e. The van der Waals surface area contributed by atoms with Crippen LogP contribution >= 0.6 is 11.6 Å². The molecule has 0 aliphatic carbocycles. The monoisotopic (exact) mass is 322 g/mol. The highest BCUT2D eigenvalue weighted by molar-refractivity contribution is 6.37. The fourth-order valence-electron chi connectivity index (χ4n) is 1.99. The van der Waals surface area contributed by atoms with Gasteiger partial charge in [0.05, 0.1) is 11.7 Å². The van der Waals surface area contributed by atoms with Crippen LogP contribution in [0.2, 0.25) is 0 Å². The molecule has 5 heteroatoms. The van der Waals surface area contributed by atoms with E-state index in [1.54, 1.807) is 13.0 Å². The molecule has 0 saturated carbocycles. The molecule has 0 bridgehead atoms. The molecule has 22 heavy (non-hydrogen) atoms. The number of ether oxygens (including phenoxy) is 1. The first-order chi connectivity index (χ1) is 10.3. The van der Waals surface area contributed by atoms with Crippen molar-refractivity contribution in [1.29, 1.82) is 5.41 Å². The van der Waals surface area contributed by atoms with Crippen LogP contribution in [0.15, 0.2) is 28.8 Å². The molecule has 0 saturated heterocycles. The molecule has 0 atom stereocenters. The van der Waals surface area contributed by atoms with E-state index in [9.17, 15) is 4.79 Å². The maximum Gasteiger partial charge on any atom is 0.258 e. The van der Waals surface area contributed by atoms with Crippen molar-refractivity contribution in [3.63, 3.8) is 0 Å². The Morgan fingerprint density at radius 3 is 2.55 bits per heavy atom. The molecule has 0 aliphatic heterocycles. The summed E-state index contributed by atoms with van der Waals surface area (Å²) in [5, 5.41) is 10.9. The topological polar surface area (TPSA) is 62.2 Å². The van der Waals surface area contributed by atoms with Crippen LogP contribution in [0.1, 0.15) is 39.7 Å². The fraction of sp³-hybridized carbons (Fsp3) is 0.412. The molecule has 1 aromatic carbocycles. The SMILES string of the molecule is CC/C(Cl)=C(\C(C)=N)C(=O)Nc1cccc(OC(C)C)c1C. The molecule has 2 N–H and O–H groups in total. The van der Waals surface area contributed by atoms with Gasteiger partial charge in [-0.25, -0.2) is 0 Å². The predicted molar refractivity (Wildman–Crippen MR) is 92.1 cm³/mol. The lowest BCUT2D eigenvalue weighted by atomic mass is 10.1. The molecule has 0 aliphatic rings. The molecule has 0 radical (unpaired) electrons. The summed E-state index contributed by atoms with van der Waals surface area (Å²) in [6, 6.07) is 5.49. The summed E-state index contributed by atoms with van der Waals surface area (Å²) in [4.78, 5) is 12.4. The van der Waals surface area contributed by atoms with Crippen LogP contribution in [-0.2, 0) is 4.79 Å². The van der Waals surface area contributed by atoms with E-state index in [4.69, 9.17) is 21.7 Å². The normalized spacial score (nSPS) is 12.0. The summed E-state index contributed by atoms with van der Waals surface area (Å²) in [6.07, 6.45) is 0.564. The Balaban J connectivity index is 3.09. The van der Waals surface area contributed by atoms with Crippen LogP contribution < -0.4 is 10.1 Å². The second kappa shape index (κ2) is 7.99. The Labute approximate surface area is 137 Å². The number of hydrogen-bond donors (Lipinski definition) is 2. The van der Waals surface area contributed by atoms with E-state index in [1.807, 2.05) is 39.8 Å². The zero-order chi connectivity index (χ0) is 16.9. The molecular weight excluding hydrogens is 300 g/mol. The Morgan fingerprint density at radius 2 is 2.05 bits per heavy atom. The van der Waals surface area contributed by atoms with Crippen LogP contribution in [0.3, 0.4) is 0 Å². The Kier molecular flexibility index (Phi) is 6.62. The highest BCUT2D eigenvalue weighted by Gasteiger charge is 2.17. The highest BCUT2D eigenvalue weighted by Crippen LogP contribution is 2.27. The lowest BCUT2D eigenvalue weighted by Crippen LogP contribution is -2.20. The van der Waals surface area contributed by atoms with Crippen molar-refractivity contribution in [3.8, 4) is 5.75 Å². The van der Waals surface area contributed by atoms with Gasteiger partial charge >= 0.3 is 0 Å². The quantitative estimate of drug-likeness (QED) is 0.591. The van der Waals surface area contributed by atoms with Crippen molar-refractivity contribution in [2.45, 2.75) is 47.1 Å². The first kappa shape index (κ1) is 18.2. The van der Waals surface area contributed by atoms with E-state index >= 15 is 0 Å².